The molecule has 3 rings (SSSR count). The maximum absolute atomic E-state index is 12.9. The van der Waals surface area contributed by atoms with Crippen molar-refractivity contribution in [3.8, 4) is 0 Å². The number of benzene rings is 1. The zero-order valence-electron chi connectivity index (χ0n) is 16.4. The van der Waals surface area contributed by atoms with Crippen LogP contribution >= 0.6 is 0 Å². The van der Waals surface area contributed by atoms with Crippen LogP contribution in [0.3, 0.4) is 0 Å². The van der Waals surface area contributed by atoms with E-state index < -0.39 is 27.3 Å². The van der Waals surface area contributed by atoms with Crippen molar-refractivity contribution in [3.05, 3.63) is 35.9 Å². The minimum atomic E-state index is -3.73. The van der Waals surface area contributed by atoms with Crippen LogP contribution in [-0.2, 0) is 26.1 Å². The number of hydrazine groups is 1. The molecule has 156 valence electrons. The van der Waals surface area contributed by atoms with Gasteiger partial charge in [0.05, 0.1) is 7.11 Å². The number of carbonyl (C=O) groups is 1. The van der Waals surface area contributed by atoms with Crippen molar-refractivity contribution in [3.63, 3.8) is 0 Å². The number of methoxy groups -OCH3 is 1. The molecule has 9 heteroatoms. The number of piperidine rings is 1. The molecule has 1 aromatic rings. The van der Waals surface area contributed by atoms with Gasteiger partial charge < -0.3 is 4.74 Å². The molecule has 0 bridgehead atoms. The Kier molecular flexibility index (Phi) is 7.05. The summed E-state index contributed by atoms with van der Waals surface area (Å²) in [6, 6.07) is 9.86. The van der Waals surface area contributed by atoms with Crippen LogP contribution in [0.15, 0.2) is 30.3 Å². The molecule has 8 nitrogen and oxygen atoms in total. The van der Waals surface area contributed by atoms with Crippen LogP contribution in [-0.4, -0.2) is 56.9 Å². The lowest BCUT2D eigenvalue weighted by Gasteiger charge is -2.33. The van der Waals surface area contributed by atoms with E-state index in [1.807, 2.05) is 25.1 Å². The van der Waals surface area contributed by atoms with Gasteiger partial charge in [0.15, 0.2) is 5.37 Å². The number of carbonyl (C=O) groups excluding carboxylic acids is 1. The number of hydrogen-bond acceptors (Lipinski definition) is 7. The summed E-state index contributed by atoms with van der Waals surface area (Å²) in [5, 5.41) is -1.03. The number of sulfonamides is 1. The van der Waals surface area contributed by atoms with Crippen molar-refractivity contribution in [2.24, 2.45) is 5.92 Å². The zero-order valence-corrected chi connectivity index (χ0v) is 17.2. The molecule has 0 spiro atoms. The minimum Gasteiger partial charge on any atom is -0.469 e. The molecule has 3 N–H and O–H groups in total. The third-order valence-corrected chi connectivity index (χ3v) is 7.33. The molecule has 2 saturated heterocycles. The lowest BCUT2D eigenvalue weighted by molar-refractivity contribution is -0.145. The molecular weight excluding hydrogens is 380 g/mol. The number of ether oxygens (including phenoxy) is 1. The van der Waals surface area contributed by atoms with E-state index in [-0.39, 0.29) is 12.1 Å². The summed E-state index contributed by atoms with van der Waals surface area (Å²) in [6.45, 7) is 4.43. The molecule has 3 unspecified atom stereocenters. The predicted octanol–water partition coefficient (Wildman–Crippen LogP) is 0.572. The highest BCUT2D eigenvalue weighted by atomic mass is 32.2. The van der Waals surface area contributed by atoms with E-state index in [2.05, 4.69) is 32.6 Å². The lowest BCUT2D eigenvalue weighted by atomic mass is 10.00. The van der Waals surface area contributed by atoms with Gasteiger partial charge in [-0.15, -0.1) is 0 Å². The van der Waals surface area contributed by atoms with Gasteiger partial charge in [-0.3, -0.25) is 15.1 Å². The number of rotatable bonds is 7. The average molecular weight is 411 g/mol. The van der Waals surface area contributed by atoms with Gasteiger partial charge in [0, 0.05) is 31.7 Å². The second kappa shape index (κ2) is 9.32. The van der Waals surface area contributed by atoms with E-state index in [1.165, 1.54) is 12.7 Å². The fourth-order valence-corrected chi connectivity index (χ4v) is 5.74. The fourth-order valence-electron chi connectivity index (χ4n) is 3.99. The molecule has 2 aliphatic heterocycles. The SMILES string of the molecule is CCC1NNC(S(=O)(=O)NC2CCN(Cc3ccccc3)CC2)C1C(=O)OC. The first-order chi connectivity index (χ1) is 13.4. The Balaban J connectivity index is 1.57. The van der Waals surface area contributed by atoms with Gasteiger partial charge in [-0.2, -0.15) is 0 Å². The number of nitrogens with zero attached hydrogens (tertiary/aromatic N) is 1. The number of hydrogen-bond donors (Lipinski definition) is 3. The zero-order chi connectivity index (χ0) is 20.1. The van der Waals surface area contributed by atoms with Gasteiger partial charge in [-0.05, 0) is 24.8 Å². The third-order valence-electron chi connectivity index (χ3n) is 5.59. The maximum Gasteiger partial charge on any atom is 0.313 e. The largest absolute Gasteiger partial charge is 0.469 e. The Morgan fingerprint density at radius 3 is 2.50 bits per heavy atom. The van der Waals surface area contributed by atoms with Crippen molar-refractivity contribution >= 4 is 16.0 Å². The highest BCUT2D eigenvalue weighted by molar-refractivity contribution is 7.90. The topological polar surface area (TPSA) is 99.8 Å². The molecule has 2 aliphatic rings. The molecule has 0 radical (unpaired) electrons. The number of esters is 1. The van der Waals surface area contributed by atoms with Crippen LogP contribution in [0.5, 0.6) is 0 Å². The summed E-state index contributed by atoms with van der Waals surface area (Å²) in [6.07, 6.45) is 2.11. The van der Waals surface area contributed by atoms with Crippen molar-refractivity contribution in [2.45, 2.75) is 50.2 Å². The molecule has 0 aromatic heterocycles. The van der Waals surface area contributed by atoms with E-state index in [0.717, 1.165) is 32.5 Å². The van der Waals surface area contributed by atoms with Crippen molar-refractivity contribution in [1.29, 1.82) is 0 Å². The standard InChI is InChI=1S/C19H30N4O4S/c1-3-16-17(19(24)27-2)18(21-20-16)28(25,26)22-15-9-11-23(12-10-15)13-14-7-5-4-6-8-14/h4-8,15-18,20-22H,3,9-13H2,1-2H3. The maximum atomic E-state index is 12.9. The van der Waals surface area contributed by atoms with Crippen molar-refractivity contribution in [2.75, 3.05) is 20.2 Å². The average Bonchev–Trinajstić information content (AvgIpc) is 3.15. The Bertz CT molecular complexity index is 750. The Hall–Kier alpha value is -1.52. The predicted molar refractivity (Wildman–Crippen MR) is 106 cm³/mol. The molecule has 0 amide bonds. The van der Waals surface area contributed by atoms with Gasteiger partial charge in [-0.25, -0.2) is 18.6 Å². The first kappa shape index (κ1) is 21.2. The number of nitrogens with one attached hydrogen (secondary N) is 3. The van der Waals surface area contributed by atoms with Gasteiger partial charge in [0.25, 0.3) is 0 Å². The summed E-state index contributed by atoms with van der Waals surface area (Å²) in [4.78, 5) is 14.5. The van der Waals surface area contributed by atoms with E-state index in [4.69, 9.17) is 4.74 Å². The first-order valence-electron chi connectivity index (χ1n) is 9.81. The molecule has 0 aliphatic carbocycles. The first-order valence-corrected chi connectivity index (χ1v) is 11.4. The number of likely N-dealkylation sites (tertiary alicyclic amines) is 1. The van der Waals surface area contributed by atoms with Crippen LogP contribution < -0.4 is 15.6 Å². The summed E-state index contributed by atoms with van der Waals surface area (Å²) >= 11 is 0. The summed E-state index contributed by atoms with van der Waals surface area (Å²) in [5.41, 5.74) is 6.96. The molecule has 2 fully saturated rings. The summed E-state index contributed by atoms with van der Waals surface area (Å²) in [7, 11) is -2.44. The monoisotopic (exact) mass is 410 g/mol. The lowest BCUT2D eigenvalue weighted by Crippen LogP contribution is -2.52. The molecule has 1 aromatic carbocycles. The van der Waals surface area contributed by atoms with Crippen molar-refractivity contribution < 1.29 is 17.9 Å². The minimum absolute atomic E-state index is 0.127. The van der Waals surface area contributed by atoms with Gasteiger partial charge in [0.1, 0.15) is 5.92 Å². The van der Waals surface area contributed by atoms with Gasteiger partial charge in [-0.1, -0.05) is 37.3 Å². The van der Waals surface area contributed by atoms with E-state index in [1.54, 1.807) is 0 Å². The molecule has 3 atom stereocenters. The molecule has 28 heavy (non-hydrogen) atoms. The van der Waals surface area contributed by atoms with Gasteiger partial charge in [0.2, 0.25) is 10.0 Å². The van der Waals surface area contributed by atoms with Crippen LogP contribution in [0.4, 0.5) is 0 Å². The van der Waals surface area contributed by atoms with Gasteiger partial charge >= 0.3 is 5.97 Å². The van der Waals surface area contributed by atoms with Crippen LogP contribution in [0, 0.1) is 5.92 Å². The fraction of sp³-hybridized carbons (Fsp3) is 0.632. The normalized spacial score (nSPS) is 27.0. The Morgan fingerprint density at radius 2 is 1.89 bits per heavy atom. The quantitative estimate of drug-likeness (QED) is 0.565. The van der Waals surface area contributed by atoms with Crippen LogP contribution in [0.2, 0.25) is 0 Å². The van der Waals surface area contributed by atoms with Crippen molar-refractivity contribution in [1.82, 2.24) is 20.5 Å². The highest BCUT2D eigenvalue weighted by Gasteiger charge is 2.48. The van der Waals surface area contributed by atoms with E-state index in [9.17, 15) is 13.2 Å². The second-order valence-electron chi connectivity index (χ2n) is 7.47. The smallest absolute Gasteiger partial charge is 0.313 e. The second-order valence-corrected chi connectivity index (χ2v) is 9.31. The van der Waals surface area contributed by atoms with Crippen LogP contribution in [0.1, 0.15) is 31.7 Å². The molecular formula is C19H30N4O4S. The summed E-state index contributed by atoms with van der Waals surface area (Å²) in [5.74, 6) is -1.29. The molecule has 2 heterocycles. The van der Waals surface area contributed by atoms with E-state index in [0.29, 0.717) is 6.42 Å². The summed E-state index contributed by atoms with van der Waals surface area (Å²) < 4.78 is 33.5. The van der Waals surface area contributed by atoms with E-state index >= 15 is 0 Å². The third kappa shape index (κ3) is 4.90. The molecule has 0 saturated carbocycles. The Labute approximate surface area is 167 Å². The van der Waals surface area contributed by atoms with Crippen LogP contribution in [0.25, 0.3) is 0 Å². The Morgan fingerprint density at radius 1 is 1.21 bits per heavy atom. The highest BCUT2D eigenvalue weighted by Crippen LogP contribution is 2.24.